The monoisotopic (exact) mass is 299 g/mol. The Morgan fingerprint density at radius 3 is 2.00 bits per heavy atom. The van der Waals surface area contributed by atoms with Gasteiger partial charge in [-0.3, -0.25) is 4.79 Å². The van der Waals surface area contributed by atoms with Crippen molar-refractivity contribution in [3.63, 3.8) is 0 Å². The molecule has 0 aromatic heterocycles. The Labute approximate surface area is 120 Å². The molecule has 1 aromatic rings. The van der Waals surface area contributed by atoms with E-state index in [4.69, 9.17) is 0 Å². The molecule has 0 atom stereocenters. The van der Waals surface area contributed by atoms with Gasteiger partial charge in [-0.1, -0.05) is 6.07 Å². The van der Waals surface area contributed by atoms with Crippen LogP contribution in [0, 0.1) is 27.7 Å². The summed E-state index contributed by atoms with van der Waals surface area (Å²) in [6, 6.07) is 1.96. The zero-order valence-corrected chi connectivity index (χ0v) is 13.6. The second-order valence-corrected chi connectivity index (χ2v) is 6.91. The van der Waals surface area contributed by atoms with E-state index in [9.17, 15) is 13.2 Å². The first kappa shape index (κ1) is 16.7. The molecule has 1 rings (SSSR count). The van der Waals surface area contributed by atoms with Gasteiger partial charge in [-0.25, -0.2) is 8.42 Å². The van der Waals surface area contributed by atoms with Crippen molar-refractivity contribution < 1.29 is 17.9 Å². The quantitative estimate of drug-likeness (QED) is 0.794. The highest BCUT2D eigenvalue weighted by atomic mass is 32.2. The van der Waals surface area contributed by atoms with E-state index >= 15 is 0 Å². The molecule has 0 N–H and O–H groups in total. The van der Waals surface area contributed by atoms with E-state index in [2.05, 4.69) is 4.74 Å². The number of hydrogen-bond acceptors (Lipinski definition) is 4. The maximum atomic E-state index is 12.6. The lowest BCUT2D eigenvalue weighted by atomic mass is 10.0. The first-order valence-electron chi connectivity index (χ1n) is 6.23. The fourth-order valence-electron chi connectivity index (χ4n) is 2.05. The van der Waals surface area contributed by atoms with Crippen LogP contribution in [0.15, 0.2) is 11.0 Å². The fourth-order valence-corrected chi connectivity index (χ4v) is 3.74. The van der Waals surface area contributed by atoms with Crippen LogP contribution >= 0.6 is 0 Å². The third kappa shape index (κ3) is 3.02. The first-order valence-corrected chi connectivity index (χ1v) is 7.67. The van der Waals surface area contributed by atoms with Crippen molar-refractivity contribution in [3.05, 3.63) is 28.3 Å². The van der Waals surface area contributed by atoms with E-state index in [0.29, 0.717) is 11.1 Å². The summed E-state index contributed by atoms with van der Waals surface area (Å²) in [5.41, 5.74) is 3.26. The molecule has 0 unspecified atom stereocenters. The number of aryl methyl sites for hydroxylation is 2. The molecule has 0 saturated carbocycles. The maximum Gasteiger partial charge on any atom is 0.321 e. The van der Waals surface area contributed by atoms with E-state index in [1.165, 1.54) is 14.2 Å². The minimum Gasteiger partial charge on any atom is -0.468 e. The standard InChI is InChI=1S/C14H21NO4S/c1-9-7-10(2)12(4)14(11(9)3)20(17,18)15(5)8-13(16)19-6/h7H,8H2,1-6H3. The number of likely N-dealkylation sites (N-methyl/N-ethyl adjacent to an activating group) is 1. The molecule has 0 spiro atoms. The second-order valence-electron chi connectivity index (χ2n) is 4.93. The van der Waals surface area contributed by atoms with Crippen molar-refractivity contribution in [1.82, 2.24) is 4.31 Å². The summed E-state index contributed by atoms with van der Waals surface area (Å²) in [7, 11) is -1.11. The molecule has 0 aliphatic heterocycles. The summed E-state index contributed by atoms with van der Waals surface area (Å²) in [6.45, 7) is 7.01. The fraction of sp³-hybridized carbons (Fsp3) is 0.500. The van der Waals surface area contributed by atoms with E-state index in [-0.39, 0.29) is 11.4 Å². The average molecular weight is 299 g/mol. The number of carbonyl (C=O) groups is 1. The number of carbonyl (C=O) groups excluding carboxylic acids is 1. The van der Waals surface area contributed by atoms with Gasteiger partial charge in [-0.15, -0.1) is 0 Å². The van der Waals surface area contributed by atoms with Crippen molar-refractivity contribution in [2.75, 3.05) is 20.7 Å². The summed E-state index contributed by atoms with van der Waals surface area (Å²) < 4.78 is 30.8. The molecule has 0 fully saturated rings. The Morgan fingerprint density at radius 2 is 1.60 bits per heavy atom. The Balaban J connectivity index is 3.40. The Bertz CT molecular complexity index is 609. The average Bonchev–Trinajstić information content (AvgIpc) is 2.36. The number of methoxy groups -OCH3 is 1. The van der Waals surface area contributed by atoms with E-state index in [0.717, 1.165) is 15.4 Å². The van der Waals surface area contributed by atoms with Crippen molar-refractivity contribution in [3.8, 4) is 0 Å². The molecule has 0 aliphatic rings. The Kier molecular flexibility index (Phi) is 4.94. The third-order valence-electron chi connectivity index (χ3n) is 3.54. The summed E-state index contributed by atoms with van der Waals surface area (Å²) in [6.07, 6.45) is 0. The predicted molar refractivity (Wildman–Crippen MR) is 77.2 cm³/mol. The van der Waals surface area contributed by atoms with Crippen LogP contribution in [-0.4, -0.2) is 39.4 Å². The van der Waals surface area contributed by atoms with Gasteiger partial charge >= 0.3 is 5.97 Å². The molecule has 20 heavy (non-hydrogen) atoms. The maximum absolute atomic E-state index is 12.6. The predicted octanol–water partition coefficient (Wildman–Crippen LogP) is 1.71. The van der Waals surface area contributed by atoms with Crippen LogP contribution in [0.1, 0.15) is 22.3 Å². The number of hydrogen-bond donors (Lipinski definition) is 0. The molecule has 0 aliphatic carbocycles. The highest BCUT2D eigenvalue weighted by molar-refractivity contribution is 7.89. The molecule has 0 saturated heterocycles. The van der Waals surface area contributed by atoms with E-state index in [1.54, 1.807) is 13.8 Å². The van der Waals surface area contributed by atoms with Crippen LogP contribution in [0.25, 0.3) is 0 Å². The SMILES string of the molecule is COC(=O)CN(C)S(=O)(=O)c1c(C)c(C)cc(C)c1C. The number of esters is 1. The van der Waals surface area contributed by atoms with Gasteiger partial charge < -0.3 is 4.74 Å². The number of nitrogens with zero attached hydrogens (tertiary/aromatic N) is 1. The molecular weight excluding hydrogens is 278 g/mol. The molecule has 5 nitrogen and oxygen atoms in total. The minimum absolute atomic E-state index is 0.279. The zero-order chi connectivity index (χ0) is 15.7. The van der Waals surface area contributed by atoms with Gasteiger partial charge in [-0.05, 0) is 49.9 Å². The summed E-state index contributed by atoms with van der Waals surface area (Å²) in [4.78, 5) is 11.6. The number of ether oxygens (including phenoxy) is 1. The smallest absolute Gasteiger partial charge is 0.321 e. The summed E-state index contributed by atoms with van der Waals surface area (Å²) in [5, 5.41) is 0. The summed E-state index contributed by atoms with van der Waals surface area (Å²) >= 11 is 0. The van der Waals surface area contributed by atoms with Gasteiger partial charge in [-0.2, -0.15) is 4.31 Å². The first-order chi connectivity index (χ1) is 9.12. The van der Waals surface area contributed by atoms with Crippen LogP contribution in [-0.2, 0) is 19.6 Å². The molecule has 112 valence electrons. The Hall–Kier alpha value is -1.40. The normalized spacial score (nSPS) is 11.8. The lowest BCUT2D eigenvalue weighted by Crippen LogP contribution is -2.33. The van der Waals surface area contributed by atoms with Crippen molar-refractivity contribution in [1.29, 1.82) is 0 Å². The van der Waals surface area contributed by atoms with Crippen molar-refractivity contribution in [2.24, 2.45) is 0 Å². The Morgan fingerprint density at radius 1 is 1.15 bits per heavy atom. The second kappa shape index (κ2) is 5.93. The van der Waals surface area contributed by atoms with Gasteiger partial charge in [0.05, 0.1) is 12.0 Å². The molecule has 1 aromatic carbocycles. The number of benzene rings is 1. The lowest BCUT2D eigenvalue weighted by molar-refractivity contribution is -0.140. The van der Waals surface area contributed by atoms with Crippen molar-refractivity contribution >= 4 is 16.0 Å². The van der Waals surface area contributed by atoms with Crippen LogP contribution in [0.2, 0.25) is 0 Å². The topological polar surface area (TPSA) is 63.7 Å². The van der Waals surface area contributed by atoms with E-state index < -0.39 is 16.0 Å². The van der Waals surface area contributed by atoms with Crippen LogP contribution < -0.4 is 0 Å². The molecule has 0 amide bonds. The molecular formula is C14H21NO4S. The van der Waals surface area contributed by atoms with E-state index in [1.807, 2.05) is 19.9 Å². The molecule has 0 bridgehead atoms. The highest BCUT2D eigenvalue weighted by Gasteiger charge is 2.28. The van der Waals surface area contributed by atoms with Gasteiger partial charge in [0.2, 0.25) is 10.0 Å². The van der Waals surface area contributed by atoms with Crippen LogP contribution in [0.5, 0.6) is 0 Å². The van der Waals surface area contributed by atoms with Gasteiger partial charge in [0, 0.05) is 7.05 Å². The largest absolute Gasteiger partial charge is 0.468 e. The zero-order valence-electron chi connectivity index (χ0n) is 12.8. The minimum atomic E-state index is -3.72. The third-order valence-corrected chi connectivity index (χ3v) is 5.62. The van der Waals surface area contributed by atoms with Crippen LogP contribution in [0.3, 0.4) is 0 Å². The van der Waals surface area contributed by atoms with Crippen molar-refractivity contribution in [2.45, 2.75) is 32.6 Å². The molecule has 0 radical (unpaired) electrons. The molecule has 0 heterocycles. The summed E-state index contributed by atoms with van der Waals surface area (Å²) in [5.74, 6) is -0.587. The molecule has 6 heteroatoms. The van der Waals surface area contributed by atoms with Gasteiger partial charge in [0.25, 0.3) is 0 Å². The van der Waals surface area contributed by atoms with Gasteiger partial charge in [0.15, 0.2) is 0 Å². The van der Waals surface area contributed by atoms with Gasteiger partial charge in [0.1, 0.15) is 6.54 Å². The lowest BCUT2D eigenvalue weighted by Gasteiger charge is -2.21. The highest BCUT2D eigenvalue weighted by Crippen LogP contribution is 2.28. The number of rotatable bonds is 4. The van der Waals surface area contributed by atoms with Crippen LogP contribution in [0.4, 0.5) is 0 Å². The number of sulfonamides is 1.